The molecule has 0 aliphatic heterocycles. The normalized spacial score (nSPS) is 13.3. The van der Waals surface area contributed by atoms with Crippen LogP contribution in [0.4, 0.5) is 0 Å². The number of carbonyl (C=O) groups is 8. The van der Waals surface area contributed by atoms with Gasteiger partial charge >= 0.3 is 35.8 Å². The second-order valence-electron chi connectivity index (χ2n) is 16.2. The Hall–Kier alpha value is -9.92. The summed E-state index contributed by atoms with van der Waals surface area (Å²) in [5, 5.41) is 69.0. The smallest absolute Gasteiger partial charge is 0.351 e. The summed E-state index contributed by atoms with van der Waals surface area (Å²) >= 11 is 0. The molecule has 20 nitrogen and oxygen atoms in total. The number of Topliss-reactive ketones (excluding diaryl/α,β-unsaturated/α-hetero) is 2. The lowest BCUT2D eigenvalue weighted by molar-refractivity contribution is -0.214. The van der Waals surface area contributed by atoms with E-state index < -0.39 is 127 Å². The summed E-state index contributed by atoms with van der Waals surface area (Å²) in [7, 11) is 2.75. The number of methoxy groups -OCH3 is 4. The lowest BCUT2D eigenvalue weighted by atomic mass is 9.70. The van der Waals surface area contributed by atoms with Crippen LogP contribution in [0.15, 0.2) is 169 Å². The van der Waals surface area contributed by atoms with Crippen molar-refractivity contribution in [2.75, 3.05) is 28.4 Å². The Balaban J connectivity index is 1.85. The van der Waals surface area contributed by atoms with Gasteiger partial charge in [-0.3, -0.25) is 9.59 Å². The molecule has 0 fully saturated rings. The van der Waals surface area contributed by atoms with Gasteiger partial charge in [0.1, 0.15) is 11.1 Å². The van der Waals surface area contributed by atoms with Gasteiger partial charge in [0.2, 0.25) is 11.6 Å². The highest BCUT2D eigenvalue weighted by Crippen LogP contribution is 2.42. The third kappa shape index (κ3) is 10.9. The second kappa shape index (κ2) is 23.7. The van der Waals surface area contributed by atoms with Crippen LogP contribution in [0.1, 0.15) is 45.6 Å². The summed E-state index contributed by atoms with van der Waals surface area (Å²) < 4.78 is 31.4. The molecule has 0 radical (unpaired) electrons. The van der Waals surface area contributed by atoms with Gasteiger partial charge in [-0.15, -0.1) is 0 Å². The molecule has 6 N–H and O–H groups in total. The maximum Gasteiger partial charge on any atom is 0.351 e. The zero-order valence-corrected chi connectivity index (χ0v) is 40.6. The molecule has 0 amide bonds. The molecular weight excluding hydrogens is 993 g/mol. The van der Waals surface area contributed by atoms with Crippen molar-refractivity contribution in [3.63, 3.8) is 0 Å². The summed E-state index contributed by atoms with van der Waals surface area (Å²) in [6.07, 6.45) is -3.57. The van der Waals surface area contributed by atoms with E-state index in [4.69, 9.17) is 28.4 Å². The lowest BCUT2D eigenvalue weighted by Crippen LogP contribution is -2.73. The molecule has 0 aliphatic rings. The van der Waals surface area contributed by atoms with Crippen LogP contribution in [-0.4, -0.2) is 118 Å². The number of aliphatic hydroxyl groups is 2. The van der Waals surface area contributed by atoms with Gasteiger partial charge in [0.05, 0.1) is 39.6 Å². The molecule has 0 aliphatic carbocycles. The Labute approximate surface area is 431 Å². The standard InChI is InChI=1S/C56H46O20/c1-71-49(63)41(35-25-27-37(57)39(59)29-35)43(51(65)73-3)47(61)55(69,53(67)75-45(31-17-9-5-10-18-31)32-19-11-6-12-20-32)56(70,54(68)76-46(33-21-13-7-14-22-33)34-23-15-8-16-24-34)48(62)44(52(66)74-4)42(50(64)72-2)36-26-28-38(58)40(60)30-36/h5-30,45-46,57-60,69-70H,1-4H3/b43-41+,44-42+/t55-,56-/m1/s1. The minimum Gasteiger partial charge on any atom is -0.504 e. The maximum atomic E-state index is 16.1. The number of carbonyl (C=O) groups excluding carboxylic acids is 8. The van der Waals surface area contributed by atoms with Gasteiger partial charge < -0.3 is 59.1 Å². The van der Waals surface area contributed by atoms with Crippen LogP contribution in [0, 0.1) is 0 Å². The third-order valence-corrected chi connectivity index (χ3v) is 11.7. The van der Waals surface area contributed by atoms with Crippen LogP contribution in [0.2, 0.25) is 0 Å². The fourth-order valence-corrected chi connectivity index (χ4v) is 7.84. The Morgan fingerprint density at radius 1 is 0.368 bits per heavy atom. The molecule has 0 bridgehead atoms. The van der Waals surface area contributed by atoms with Crippen molar-refractivity contribution < 1.29 is 97.4 Å². The molecule has 2 atom stereocenters. The number of benzene rings is 6. The Morgan fingerprint density at radius 2 is 0.632 bits per heavy atom. The van der Waals surface area contributed by atoms with E-state index in [2.05, 4.69) is 0 Å². The van der Waals surface area contributed by atoms with E-state index in [0.29, 0.717) is 26.4 Å². The highest BCUT2D eigenvalue weighted by atomic mass is 16.6. The van der Waals surface area contributed by atoms with Crippen molar-refractivity contribution >= 4 is 58.5 Å². The summed E-state index contributed by atoms with van der Waals surface area (Å²) in [6, 6.07) is 33.8. The molecule has 20 heteroatoms. The minimum absolute atomic E-state index is 0.0660. The van der Waals surface area contributed by atoms with Crippen LogP contribution >= 0.6 is 0 Å². The number of aromatic hydroxyl groups is 4. The van der Waals surface area contributed by atoms with Crippen molar-refractivity contribution in [2.45, 2.75) is 23.4 Å². The molecule has 0 spiro atoms. The minimum atomic E-state index is -5.08. The van der Waals surface area contributed by atoms with Gasteiger partial charge in [0, 0.05) is 0 Å². The van der Waals surface area contributed by atoms with E-state index in [0.717, 1.165) is 38.5 Å². The Bertz CT molecular complexity index is 2960. The van der Waals surface area contributed by atoms with Crippen molar-refractivity contribution in [2.24, 2.45) is 0 Å². The van der Waals surface area contributed by atoms with Gasteiger partial charge in [0.15, 0.2) is 35.2 Å². The zero-order chi connectivity index (χ0) is 55.5. The summed E-state index contributed by atoms with van der Waals surface area (Å²) in [4.78, 5) is 120. The van der Waals surface area contributed by atoms with Crippen LogP contribution in [0.3, 0.4) is 0 Å². The van der Waals surface area contributed by atoms with Gasteiger partial charge in [-0.05, 0) is 57.6 Å². The van der Waals surface area contributed by atoms with Crippen LogP contribution < -0.4 is 0 Å². The molecule has 0 aromatic heterocycles. The summed E-state index contributed by atoms with van der Waals surface area (Å²) in [5.41, 5.74) is -17.6. The molecule has 6 rings (SSSR count). The van der Waals surface area contributed by atoms with Crippen molar-refractivity contribution in [1.82, 2.24) is 0 Å². The fourth-order valence-electron chi connectivity index (χ4n) is 7.84. The number of hydrogen-bond acceptors (Lipinski definition) is 20. The molecule has 76 heavy (non-hydrogen) atoms. The molecule has 390 valence electrons. The quantitative estimate of drug-likeness (QED) is 0.0160. The number of hydrogen-bond donors (Lipinski definition) is 6. The Morgan fingerprint density at radius 3 is 0.868 bits per heavy atom. The SMILES string of the molecule is COC(=O)/C(C(=O)[C@@](O)(C(=O)OC(c1ccccc1)c1ccccc1)[C@](O)(C(=O)OC(c1ccccc1)c1ccccc1)C(=O)/C(C(=O)OC)=C(\C(=O)OC)c1ccc(O)c(O)c1)=C(/C(=O)OC)c1ccc(O)c(O)c1. The second-order valence-corrected chi connectivity index (χ2v) is 16.2. The summed E-state index contributed by atoms with van der Waals surface area (Å²) in [6.45, 7) is 0. The molecular formula is C56H46O20. The number of ketones is 2. The van der Waals surface area contributed by atoms with Gasteiger partial charge in [-0.2, -0.15) is 0 Å². The first kappa shape index (κ1) is 55.4. The van der Waals surface area contributed by atoms with Gasteiger partial charge in [-0.25, -0.2) is 28.8 Å². The monoisotopic (exact) mass is 1040 g/mol. The predicted octanol–water partition coefficient (Wildman–Crippen LogP) is 4.67. The predicted molar refractivity (Wildman–Crippen MR) is 263 cm³/mol. The van der Waals surface area contributed by atoms with Crippen LogP contribution in [0.5, 0.6) is 23.0 Å². The third-order valence-electron chi connectivity index (χ3n) is 11.7. The number of phenolic OH excluding ortho intramolecular Hbond substituents is 4. The average molecular weight is 1040 g/mol. The maximum absolute atomic E-state index is 16.1. The number of rotatable bonds is 19. The Kier molecular flexibility index (Phi) is 17.3. The zero-order valence-electron chi connectivity index (χ0n) is 40.6. The van der Waals surface area contributed by atoms with Crippen LogP contribution in [-0.2, 0) is 66.8 Å². The van der Waals surface area contributed by atoms with Crippen molar-refractivity contribution in [3.8, 4) is 23.0 Å². The number of ether oxygens (including phenoxy) is 6. The van der Waals surface area contributed by atoms with Crippen LogP contribution in [0.25, 0.3) is 11.1 Å². The number of phenols is 4. The molecule has 6 aromatic carbocycles. The van der Waals surface area contributed by atoms with E-state index in [1.165, 1.54) is 97.1 Å². The van der Waals surface area contributed by atoms with E-state index in [1.54, 1.807) is 24.3 Å². The summed E-state index contributed by atoms with van der Waals surface area (Å²) in [5.74, 6) is -21.1. The van der Waals surface area contributed by atoms with E-state index in [1.807, 2.05) is 0 Å². The molecule has 0 unspecified atom stereocenters. The highest BCUT2D eigenvalue weighted by molar-refractivity contribution is 6.43. The van der Waals surface area contributed by atoms with Crippen molar-refractivity contribution in [1.29, 1.82) is 0 Å². The number of esters is 6. The lowest BCUT2D eigenvalue weighted by Gasteiger charge is -2.39. The topological polar surface area (TPSA) is 313 Å². The van der Waals surface area contributed by atoms with Crippen molar-refractivity contribution in [3.05, 3.63) is 202 Å². The van der Waals surface area contributed by atoms with E-state index in [9.17, 15) is 49.8 Å². The molecule has 0 saturated carbocycles. The first-order valence-corrected chi connectivity index (χ1v) is 22.3. The molecule has 0 heterocycles. The average Bonchev–Trinajstić information content (AvgIpc) is 3.47. The van der Waals surface area contributed by atoms with Gasteiger partial charge in [-0.1, -0.05) is 133 Å². The van der Waals surface area contributed by atoms with Gasteiger partial charge in [0.25, 0.3) is 11.2 Å². The molecule has 0 saturated heterocycles. The molecule has 6 aromatic rings. The van der Waals surface area contributed by atoms with E-state index >= 15 is 19.2 Å². The first-order chi connectivity index (χ1) is 36.3. The first-order valence-electron chi connectivity index (χ1n) is 22.3. The fraction of sp³-hybridized carbons (Fsp3) is 0.143. The largest absolute Gasteiger partial charge is 0.504 e. The van der Waals surface area contributed by atoms with E-state index in [-0.39, 0.29) is 22.3 Å². The highest BCUT2D eigenvalue weighted by Gasteiger charge is 2.73.